The number of imidazole rings is 1. The summed E-state index contributed by atoms with van der Waals surface area (Å²) >= 11 is 6.35. The van der Waals surface area contributed by atoms with Crippen LogP contribution in [0, 0.1) is 13.8 Å². The molecule has 0 spiro atoms. The molecule has 1 aromatic heterocycles. The summed E-state index contributed by atoms with van der Waals surface area (Å²) in [6.45, 7) is 4.02. The molecule has 0 unspecified atom stereocenters. The highest BCUT2D eigenvalue weighted by Gasteiger charge is 2.13. The quantitative estimate of drug-likeness (QED) is 0.683. The van der Waals surface area contributed by atoms with E-state index in [1.807, 2.05) is 50.2 Å². The number of hydrogen-bond donors (Lipinski definition) is 1. The first-order chi connectivity index (χ1) is 9.08. The van der Waals surface area contributed by atoms with Crippen molar-refractivity contribution in [1.82, 2.24) is 9.55 Å². The molecule has 0 saturated heterocycles. The third kappa shape index (κ3) is 1.87. The number of aryl methyl sites for hydroxylation is 2. The highest BCUT2D eigenvalue weighted by molar-refractivity contribution is 6.32. The third-order valence-electron chi connectivity index (χ3n) is 3.26. The number of benzene rings is 2. The Bertz CT molecular complexity index is 754. The average molecular weight is 272 g/mol. The fraction of sp³-hybridized carbons (Fsp3) is 0.133. The van der Waals surface area contributed by atoms with Gasteiger partial charge in [0.05, 0.1) is 21.7 Å². The summed E-state index contributed by atoms with van der Waals surface area (Å²) in [6, 6.07) is 11.6. The number of nitrogens with zero attached hydrogens (tertiary/aromatic N) is 2. The molecule has 0 atom stereocenters. The molecule has 3 rings (SSSR count). The van der Waals surface area contributed by atoms with E-state index in [0.29, 0.717) is 5.69 Å². The second-order valence-electron chi connectivity index (χ2n) is 4.65. The third-order valence-corrected chi connectivity index (χ3v) is 3.56. The van der Waals surface area contributed by atoms with Crippen molar-refractivity contribution in [3.8, 4) is 5.69 Å². The molecule has 3 nitrogen and oxygen atoms in total. The zero-order valence-corrected chi connectivity index (χ0v) is 11.6. The molecule has 2 N–H and O–H groups in total. The molecule has 0 bridgehead atoms. The van der Waals surface area contributed by atoms with Gasteiger partial charge >= 0.3 is 0 Å². The van der Waals surface area contributed by atoms with Crippen molar-refractivity contribution >= 4 is 28.3 Å². The molecule has 0 radical (unpaired) electrons. The van der Waals surface area contributed by atoms with Crippen molar-refractivity contribution in [2.75, 3.05) is 5.73 Å². The largest absolute Gasteiger partial charge is 0.399 e. The van der Waals surface area contributed by atoms with Crippen LogP contribution in [0.5, 0.6) is 0 Å². The molecule has 2 aromatic carbocycles. The molecule has 0 aliphatic rings. The molecular formula is C15H14ClN3. The average Bonchev–Trinajstić information content (AvgIpc) is 2.65. The Morgan fingerprint density at radius 1 is 1.16 bits per heavy atom. The van der Waals surface area contributed by atoms with Crippen LogP contribution in [-0.4, -0.2) is 9.55 Å². The lowest BCUT2D eigenvalue weighted by atomic mass is 10.2. The van der Waals surface area contributed by atoms with Gasteiger partial charge in [-0.15, -0.1) is 0 Å². The first-order valence-electron chi connectivity index (χ1n) is 6.08. The van der Waals surface area contributed by atoms with Crippen LogP contribution in [0.2, 0.25) is 5.02 Å². The first-order valence-corrected chi connectivity index (χ1v) is 6.46. The van der Waals surface area contributed by atoms with Crippen LogP contribution in [0.4, 0.5) is 5.69 Å². The van der Waals surface area contributed by atoms with Gasteiger partial charge in [0.25, 0.3) is 0 Å². The van der Waals surface area contributed by atoms with Gasteiger partial charge in [0.2, 0.25) is 0 Å². The number of nitrogen functional groups attached to an aromatic ring is 1. The SMILES string of the molecule is Cc1cccc(Cl)c1-n1c(C)nc2cc(N)ccc21. The standard InChI is InChI=1S/C15H14ClN3/c1-9-4-3-5-12(16)15(9)19-10(2)18-13-8-11(17)6-7-14(13)19/h3-8H,17H2,1-2H3. The van der Waals surface area contributed by atoms with Gasteiger partial charge in [0.15, 0.2) is 0 Å². The zero-order chi connectivity index (χ0) is 13.6. The minimum atomic E-state index is 0.716. The van der Waals surface area contributed by atoms with E-state index < -0.39 is 0 Å². The lowest BCUT2D eigenvalue weighted by Crippen LogP contribution is -2.00. The van der Waals surface area contributed by atoms with Crippen LogP contribution < -0.4 is 5.73 Å². The number of hydrogen-bond acceptors (Lipinski definition) is 2. The predicted molar refractivity (Wildman–Crippen MR) is 80.0 cm³/mol. The number of aromatic nitrogens is 2. The van der Waals surface area contributed by atoms with E-state index in [4.69, 9.17) is 17.3 Å². The Kier molecular flexibility index (Phi) is 2.72. The number of nitrogens with two attached hydrogens (primary N) is 1. The molecule has 0 saturated carbocycles. The van der Waals surface area contributed by atoms with Crippen LogP contribution in [0.1, 0.15) is 11.4 Å². The fourth-order valence-electron chi connectivity index (χ4n) is 2.41. The maximum Gasteiger partial charge on any atom is 0.111 e. The molecule has 1 heterocycles. The highest BCUT2D eigenvalue weighted by atomic mass is 35.5. The van der Waals surface area contributed by atoms with E-state index in [9.17, 15) is 0 Å². The summed E-state index contributed by atoms with van der Waals surface area (Å²) in [5, 5.41) is 0.722. The first kappa shape index (κ1) is 12.1. The molecule has 0 aliphatic heterocycles. The number of halogens is 1. The van der Waals surface area contributed by atoms with Crippen LogP contribution in [-0.2, 0) is 0 Å². The molecule has 0 fully saturated rings. The van der Waals surface area contributed by atoms with Crippen molar-refractivity contribution in [2.24, 2.45) is 0 Å². The minimum Gasteiger partial charge on any atom is -0.399 e. The Morgan fingerprint density at radius 3 is 2.68 bits per heavy atom. The number of fused-ring (bicyclic) bond motifs is 1. The summed E-state index contributed by atoms with van der Waals surface area (Å²) in [5.74, 6) is 0.900. The number of rotatable bonds is 1. The second-order valence-corrected chi connectivity index (χ2v) is 5.06. The maximum absolute atomic E-state index is 6.35. The molecule has 3 aromatic rings. The number of anilines is 1. The Labute approximate surface area is 116 Å². The monoisotopic (exact) mass is 271 g/mol. The normalized spacial score (nSPS) is 11.1. The topological polar surface area (TPSA) is 43.8 Å². The van der Waals surface area contributed by atoms with E-state index in [0.717, 1.165) is 33.1 Å². The van der Waals surface area contributed by atoms with Crippen molar-refractivity contribution in [1.29, 1.82) is 0 Å². The molecule has 19 heavy (non-hydrogen) atoms. The zero-order valence-electron chi connectivity index (χ0n) is 10.8. The lowest BCUT2D eigenvalue weighted by Gasteiger charge is -2.12. The summed E-state index contributed by atoms with van der Waals surface area (Å²) in [6.07, 6.45) is 0. The predicted octanol–water partition coefficient (Wildman–Crippen LogP) is 3.88. The van der Waals surface area contributed by atoms with Crippen LogP contribution in [0.15, 0.2) is 36.4 Å². The van der Waals surface area contributed by atoms with Gasteiger partial charge in [-0.05, 0) is 43.7 Å². The van der Waals surface area contributed by atoms with Crippen molar-refractivity contribution in [2.45, 2.75) is 13.8 Å². The summed E-state index contributed by atoms with van der Waals surface area (Å²) in [5.41, 5.74) is 10.5. The van der Waals surface area contributed by atoms with E-state index >= 15 is 0 Å². The Balaban J connectivity index is 2.40. The number of para-hydroxylation sites is 1. The van der Waals surface area contributed by atoms with E-state index in [-0.39, 0.29) is 0 Å². The van der Waals surface area contributed by atoms with Gasteiger partial charge in [0, 0.05) is 5.69 Å². The minimum absolute atomic E-state index is 0.716. The molecule has 4 heteroatoms. The van der Waals surface area contributed by atoms with Gasteiger partial charge in [-0.1, -0.05) is 23.7 Å². The lowest BCUT2D eigenvalue weighted by molar-refractivity contribution is 0.990. The van der Waals surface area contributed by atoms with Gasteiger partial charge < -0.3 is 5.73 Å². The van der Waals surface area contributed by atoms with Gasteiger partial charge in [0.1, 0.15) is 5.82 Å². The molecule has 0 aliphatic carbocycles. The summed E-state index contributed by atoms with van der Waals surface area (Å²) < 4.78 is 2.08. The van der Waals surface area contributed by atoms with Crippen LogP contribution in [0.25, 0.3) is 16.7 Å². The fourth-order valence-corrected chi connectivity index (χ4v) is 2.71. The Hall–Kier alpha value is -2.00. The van der Waals surface area contributed by atoms with E-state index in [2.05, 4.69) is 9.55 Å². The van der Waals surface area contributed by atoms with Crippen molar-refractivity contribution < 1.29 is 0 Å². The summed E-state index contributed by atoms with van der Waals surface area (Å²) in [7, 11) is 0. The second kappa shape index (κ2) is 4.28. The highest BCUT2D eigenvalue weighted by Crippen LogP contribution is 2.29. The maximum atomic E-state index is 6.35. The van der Waals surface area contributed by atoms with Crippen LogP contribution >= 0.6 is 11.6 Å². The smallest absolute Gasteiger partial charge is 0.111 e. The van der Waals surface area contributed by atoms with Gasteiger partial charge in [-0.2, -0.15) is 0 Å². The molecular weight excluding hydrogens is 258 g/mol. The summed E-state index contributed by atoms with van der Waals surface area (Å²) in [4.78, 5) is 4.56. The van der Waals surface area contributed by atoms with Gasteiger partial charge in [-0.3, -0.25) is 4.57 Å². The van der Waals surface area contributed by atoms with E-state index in [1.54, 1.807) is 0 Å². The van der Waals surface area contributed by atoms with Crippen LogP contribution in [0.3, 0.4) is 0 Å². The van der Waals surface area contributed by atoms with Crippen molar-refractivity contribution in [3.63, 3.8) is 0 Å². The molecule has 96 valence electrons. The van der Waals surface area contributed by atoms with E-state index in [1.165, 1.54) is 0 Å². The molecule has 0 amide bonds. The Morgan fingerprint density at radius 2 is 1.95 bits per heavy atom. The van der Waals surface area contributed by atoms with Crippen molar-refractivity contribution in [3.05, 3.63) is 52.8 Å². The van der Waals surface area contributed by atoms with Gasteiger partial charge in [-0.25, -0.2) is 4.98 Å².